The van der Waals surface area contributed by atoms with E-state index < -0.39 is 6.10 Å². The van der Waals surface area contributed by atoms with Crippen LogP contribution in [0.25, 0.3) is 0 Å². The molecule has 154 valence electrons. The molecule has 6 heteroatoms. The van der Waals surface area contributed by atoms with Crippen LogP contribution in [0.3, 0.4) is 0 Å². The van der Waals surface area contributed by atoms with Gasteiger partial charge in [0.25, 0.3) is 0 Å². The zero-order valence-electron chi connectivity index (χ0n) is 16.5. The van der Waals surface area contributed by atoms with Gasteiger partial charge in [0.15, 0.2) is 0 Å². The quantitative estimate of drug-likeness (QED) is 0.780. The Labute approximate surface area is 167 Å². The molecule has 2 saturated carbocycles. The Morgan fingerprint density at radius 2 is 1.89 bits per heavy atom. The van der Waals surface area contributed by atoms with E-state index in [4.69, 9.17) is 9.47 Å². The molecule has 0 radical (unpaired) electrons. The third kappa shape index (κ3) is 4.67. The van der Waals surface area contributed by atoms with Crippen LogP contribution in [0.1, 0.15) is 38.5 Å². The van der Waals surface area contributed by atoms with E-state index in [0.29, 0.717) is 32.0 Å². The van der Waals surface area contributed by atoms with E-state index in [-0.39, 0.29) is 24.1 Å². The maximum absolute atomic E-state index is 12.7. The van der Waals surface area contributed by atoms with Crippen LogP contribution in [0.2, 0.25) is 0 Å². The summed E-state index contributed by atoms with van der Waals surface area (Å²) in [6.45, 7) is 2.87. The van der Waals surface area contributed by atoms with Crippen LogP contribution < -0.4 is 10.1 Å². The minimum absolute atomic E-state index is 0.101. The van der Waals surface area contributed by atoms with Gasteiger partial charge in [-0.15, -0.1) is 0 Å². The lowest BCUT2D eigenvalue weighted by Gasteiger charge is -2.37. The number of para-hydroxylation sites is 1. The maximum Gasteiger partial charge on any atom is 0.220 e. The standard InChI is InChI=1S/C22H32N2O4/c25-20(14-16-6-4-5-7-16)23-18-15-19(28-17-8-2-1-3-9-17)22(26)21(18)24-10-12-27-13-11-24/h1-3,8-9,16,18-19,21-22,26H,4-7,10-15H2,(H,23,25)/t18-,19-,21+,22+/m1/s1. The van der Waals surface area contributed by atoms with Crippen molar-refractivity contribution >= 4 is 5.91 Å². The van der Waals surface area contributed by atoms with E-state index in [2.05, 4.69) is 10.2 Å². The normalized spacial score (nSPS) is 31.8. The third-order valence-corrected chi connectivity index (χ3v) is 6.42. The number of aliphatic hydroxyl groups excluding tert-OH is 1. The van der Waals surface area contributed by atoms with Gasteiger partial charge >= 0.3 is 0 Å². The first-order valence-electron chi connectivity index (χ1n) is 10.7. The van der Waals surface area contributed by atoms with Crippen molar-refractivity contribution in [2.24, 2.45) is 5.92 Å². The molecule has 1 aromatic rings. The second-order valence-electron chi connectivity index (χ2n) is 8.36. The van der Waals surface area contributed by atoms with Crippen molar-refractivity contribution in [1.82, 2.24) is 10.2 Å². The first kappa shape index (κ1) is 19.7. The largest absolute Gasteiger partial charge is 0.488 e. The van der Waals surface area contributed by atoms with E-state index >= 15 is 0 Å². The highest BCUT2D eigenvalue weighted by atomic mass is 16.5. The molecule has 3 aliphatic rings. The lowest BCUT2D eigenvalue weighted by molar-refractivity contribution is -0.123. The van der Waals surface area contributed by atoms with Crippen molar-refractivity contribution in [3.8, 4) is 5.75 Å². The minimum Gasteiger partial charge on any atom is -0.488 e. The Bertz CT molecular complexity index is 629. The summed E-state index contributed by atoms with van der Waals surface area (Å²) in [6.07, 6.45) is 5.05. The summed E-state index contributed by atoms with van der Waals surface area (Å²) >= 11 is 0. The molecule has 0 aromatic heterocycles. The number of rotatable bonds is 6. The lowest BCUT2D eigenvalue weighted by Crippen LogP contribution is -2.56. The summed E-state index contributed by atoms with van der Waals surface area (Å²) in [7, 11) is 0. The molecule has 2 N–H and O–H groups in total. The second kappa shape index (κ2) is 9.25. The Hall–Kier alpha value is -1.63. The first-order valence-corrected chi connectivity index (χ1v) is 10.7. The van der Waals surface area contributed by atoms with E-state index in [0.717, 1.165) is 31.7 Å². The number of amides is 1. The maximum atomic E-state index is 12.7. The number of ether oxygens (including phenoxy) is 2. The summed E-state index contributed by atoms with van der Waals surface area (Å²) in [5.41, 5.74) is 0. The van der Waals surface area contributed by atoms with Gasteiger partial charge in [-0.3, -0.25) is 9.69 Å². The highest BCUT2D eigenvalue weighted by Gasteiger charge is 2.47. The van der Waals surface area contributed by atoms with E-state index in [9.17, 15) is 9.90 Å². The Balaban J connectivity index is 1.43. The average Bonchev–Trinajstić information content (AvgIpc) is 3.31. The summed E-state index contributed by atoms with van der Waals surface area (Å²) in [6, 6.07) is 9.38. The van der Waals surface area contributed by atoms with Crippen LogP contribution in [0, 0.1) is 5.92 Å². The highest BCUT2D eigenvalue weighted by Crippen LogP contribution is 2.31. The lowest BCUT2D eigenvalue weighted by atomic mass is 10.0. The number of benzene rings is 1. The molecule has 6 nitrogen and oxygen atoms in total. The minimum atomic E-state index is -0.643. The van der Waals surface area contributed by atoms with Crippen LogP contribution in [0.4, 0.5) is 0 Å². The van der Waals surface area contributed by atoms with Gasteiger partial charge in [-0.2, -0.15) is 0 Å². The van der Waals surface area contributed by atoms with Crippen LogP contribution in [-0.4, -0.2) is 66.5 Å². The van der Waals surface area contributed by atoms with Crippen molar-refractivity contribution in [1.29, 1.82) is 0 Å². The number of nitrogens with zero attached hydrogens (tertiary/aromatic N) is 1. The first-order chi connectivity index (χ1) is 13.7. The molecule has 3 fully saturated rings. The van der Waals surface area contributed by atoms with Crippen molar-refractivity contribution in [3.63, 3.8) is 0 Å². The smallest absolute Gasteiger partial charge is 0.220 e. The van der Waals surface area contributed by atoms with Gasteiger partial charge in [0.1, 0.15) is 18.0 Å². The van der Waals surface area contributed by atoms with Crippen LogP contribution in [-0.2, 0) is 9.53 Å². The molecule has 0 bridgehead atoms. The Morgan fingerprint density at radius 1 is 1.18 bits per heavy atom. The van der Waals surface area contributed by atoms with E-state index in [1.165, 1.54) is 12.8 Å². The molecule has 2 aliphatic carbocycles. The molecule has 1 saturated heterocycles. The van der Waals surface area contributed by atoms with Gasteiger partial charge in [-0.05, 0) is 30.9 Å². The Kier molecular flexibility index (Phi) is 6.50. The Morgan fingerprint density at radius 3 is 2.61 bits per heavy atom. The number of carbonyl (C=O) groups excluding carboxylic acids is 1. The monoisotopic (exact) mass is 388 g/mol. The fourth-order valence-corrected chi connectivity index (χ4v) is 5.01. The zero-order chi connectivity index (χ0) is 19.3. The predicted octanol–water partition coefficient (Wildman–Crippen LogP) is 1.96. The van der Waals surface area contributed by atoms with Crippen molar-refractivity contribution in [2.75, 3.05) is 26.3 Å². The summed E-state index contributed by atoms with van der Waals surface area (Å²) in [5, 5.41) is 14.3. The molecule has 1 aromatic carbocycles. The molecule has 1 aliphatic heterocycles. The van der Waals surface area contributed by atoms with Gasteiger partial charge < -0.3 is 19.9 Å². The van der Waals surface area contributed by atoms with Crippen molar-refractivity contribution in [2.45, 2.75) is 62.8 Å². The summed E-state index contributed by atoms with van der Waals surface area (Å²) in [4.78, 5) is 14.9. The van der Waals surface area contributed by atoms with Crippen molar-refractivity contribution < 1.29 is 19.4 Å². The molecule has 4 rings (SSSR count). The van der Waals surface area contributed by atoms with E-state index in [1.807, 2.05) is 30.3 Å². The van der Waals surface area contributed by atoms with Gasteiger partial charge in [0, 0.05) is 25.9 Å². The number of carbonyl (C=O) groups is 1. The number of hydrogen-bond acceptors (Lipinski definition) is 5. The molecule has 4 atom stereocenters. The summed E-state index contributed by atoms with van der Waals surface area (Å²) in [5.74, 6) is 1.39. The molecule has 28 heavy (non-hydrogen) atoms. The van der Waals surface area contributed by atoms with Gasteiger partial charge in [-0.1, -0.05) is 31.0 Å². The fraction of sp³-hybridized carbons (Fsp3) is 0.682. The van der Waals surface area contributed by atoms with Crippen LogP contribution in [0.15, 0.2) is 30.3 Å². The molecule has 1 amide bonds. The van der Waals surface area contributed by atoms with Gasteiger partial charge in [-0.25, -0.2) is 0 Å². The predicted molar refractivity (Wildman–Crippen MR) is 106 cm³/mol. The third-order valence-electron chi connectivity index (χ3n) is 6.42. The molecule has 0 unspecified atom stereocenters. The molecule has 1 heterocycles. The van der Waals surface area contributed by atoms with Gasteiger partial charge in [0.2, 0.25) is 5.91 Å². The number of hydrogen-bond donors (Lipinski definition) is 2. The highest BCUT2D eigenvalue weighted by molar-refractivity contribution is 5.76. The SMILES string of the molecule is O=C(CC1CCCC1)N[C@@H]1C[C@@H](Oc2ccccc2)[C@H](O)[C@H]1N1CCOCC1. The topological polar surface area (TPSA) is 71.0 Å². The number of morpholine rings is 1. The van der Waals surface area contributed by atoms with Crippen LogP contribution >= 0.6 is 0 Å². The van der Waals surface area contributed by atoms with E-state index in [1.54, 1.807) is 0 Å². The summed E-state index contributed by atoms with van der Waals surface area (Å²) < 4.78 is 11.6. The average molecular weight is 389 g/mol. The zero-order valence-corrected chi connectivity index (χ0v) is 16.5. The van der Waals surface area contributed by atoms with Crippen LogP contribution in [0.5, 0.6) is 5.75 Å². The molecular formula is C22H32N2O4. The van der Waals surface area contributed by atoms with Gasteiger partial charge in [0.05, 0.1) is 25.3 Å². The molecular weight excluding hydrogens is 356 g/mol. The van der Waals surface area contributed by atoms with Crippen molar-refractivity contribution in [3.05, 3.63) is 30.3 Å². The number of aliphatic hydroxyl groups is 1. The second-order valence-corrected chi connectivity index (χ2v) is 8.36. The molecule has 0 spiro atoms. The number of nitrogens with one attached hydrogen (secondary N) is 1. The fourth-order valence-electron chi connectivity index (χ4n) is 5.01.